The van der Waals surface area contributed by atoms with E-state index in [1.54, 1.807) is 35.2 Å². The first kappa shape index (κ1) is 25.6. The van der Waals surface area contributed by atoms with Crippen molar-refractivity contribution in [1.82, 2.24) is 14.7 Å². The van der Waals surface area contributed by atoms with Crippen molar-refractivity contribution in [3.8, 4) is 11.1 Å². The molecular weight excluding hydrogens is 507 g/mol. The normalized spacial score (nSPS) is 26.5. The van der Waals surface area contributed by atoms with Crippen LogP contribution in [0.2, 0.25) is 5.02 Å². The van der Waals surface area contributed by atoms with Gasteiger partial charge in [0.25, 0.3) is 5.91 Å². The second-order valence-electron chi connectivity index (χ2n) is 11.0. The van der Waals surface area contributed by atoms with Gasteiger partial charge in [0.05, 0.1) is 17.6 Å². The van der Waals surface area contributed by atoms with Crippen LogP contribution in [0.3, 0.4) is 0 Å². The van der Waals surface area contributed by atoms with Crippen LogP contribution in [0.25, 0.3) is 11.1 Å². The van der Waals surface area contributed by atoms with Crippen LogP contribution in [-0.2, 0) is 4.79 Å². The number of rotatable bonds is 3. The zero-order valence-corrected chi connectivity index (χ0v) is 22.2. The summed E-state index contributed by atoms with van der Waals surface area (Å²) in [7, 11) is 0. The van der Waals surface area contributed by atoms with Crippen molar-refractivity contribution in [3.05, 3.63) is 52.8 Å². The molecule has 0 radical (unpaired) electrons. The summed E-state index contributed by atoms with van der Waals surface area (Å²) in [6.07, 6.45) is 6.94. The molecule has 2 N–H and O–H groups in total. The number of nitrogens with one attached hydrogen (secondary N) is 1. The largest absolute Gasteiger partial charge is 0.372 e. The molecule has 1 saturated carbocycles. The lowest BCUT2D eigenvalue weighted by Crippen LogP contribution is -2.62. The van der Waals surface area contributed by atoms with Crippen LogP contribution in [0.1, 0.15) is 55.3 Å². The van der Waals surface area contributed by atoms with Crippen molar-refractivity contribution >= 4 is 29.1 Å². The molecule has 4 aliphatic rings. The highest BCUT2D eigenvalue weighted by Gasteiger charge is 2.44. The molecule has 2 aromatic carbocycles. The van der Waals surface area contributed by atoms with Crippen LogP contribution < -0.4 is 5.32 Å². The van der Waals surface area contributed by atoms with Crippen LogP contribution in [0.5, 0.6) is 0 Å². The Morgan fingerprint density at radius 3 is 2.58 bits per heavy atom. The minimum Gasteiger partial charge on any atom is -0.372 e. The van der Waals surface area contributed by atoms with Crippen molar-refractivity contribution in [1.29, 1.82) is 0 Å². The first-order chi connectivity index (χ1) is 18.4. The molecule has 6 rings (SSSR count). The highest BCUT2D eigenvalue weighted by Crippen LogP contribution is 2.34. The molecule has 0 spiro atoms. The number of aliphatic hydroxyl groups excluding tert-OH is 1. The third-order valence-corrected chi connectivity index (χ3v) is 9.01. The average molecular weight is 541 g/mol. The van der Waals surface area contributed by atoms with E-state index in [1.165, 1.54) is 25.3 Å². The SMILES string of the molecule is O=C([C@@H]1CCCN1C1CCCCC1)N1CCN2C(=O)c3cc(-c4ccc(Cl)cc4F)ccc3NC(O)[C@H]2C1. The van der Waals surface area contributed by atoms with E-state index in [1.807, 2.05) is 4.90 Å². The van der Waals surface area contributed by atoms with Crippen LogP contribution in [0.15, 0.2) is 36.4 Å². The molecule has 7 nitrogen and oxygen atoms in total. The number of hydrogen-bond donors (Lipinski definition) is 2. The fourth-order valence-corrected chi connectivity index (χ4v) is 6.95. The molecule has 3 heterocycles. The van der Waals surface area contributed by atoms with Gasteiger partial charge in [0.1, 0.15) is 12.0 Å². The Kier molecular flexibility index (Phi) is 7.05. The summed E-state index contributed by atoms with van der Waals surface area (Å²) in [6, 6.07) is 9.33. The van der Waals surface area contributed by atoms with Gasteiger partial charge in [0.15, 0.2) is 0 Å². The lowest BCUT2D eigenvalue weighted by atomic mass is 9.93. The fourth-order valence-electron chi connectivity index (χ4n) is 6.80. The Balaban J connectivity index is 1.21. The van der Waals surface area contributed by atoms with Crippen molar-refractivity contribution in [2.45, 2.75) is 69.3 Å². The second kappa shape index (κ2) is 10.5. The van der Waals surface area contributed by atoms with Gasteiger partial charge < -0.3 is 20.2 Å². The van der Waals surface area contributed by atoms with Gasteiger partial charge in [-0.1, -0.05) is 36.9 Å². The van der Waals surface area contributed by atoms with Crippen LogP contribution >= 0.6 is 11.6 Å². The summed E-state index contributed by atoms with van der Waals surface area (Å²) in [6.45, 7) is 2.02. The number of benzene rings is 2. The average Bonchev–Trinajstić information content (AvgIpc) is 3.39. The summed E-state index contributed by atoms with van der Waals surface area (Å²) in [5.41, 5.74) is 1.77. The topological polar surface area (TPSA) is 76.1 Å². The Morgan fingerprint density at radius 1 is 0.974 bits per heavy atom. The molecule has 1 aliphatic carbocycles. The van der Waals surface area contributed by atoms with Crippen molar-refractivity contribution in [3.63, 3.8) is 0 Å². The lowest BCUT2D eigenvalue weighted by Gasteiger charge is -2.44. The minimum absolute atomic E-state index is 0.106. The number of carbonyl (C=O) groups is 2. The Labute approximate surface area is 227 Å². The molecule has 38 heavy (non-hydrogen) atoms. The van der Waals surface area contributed by atoms with Crippen LogP contribution in [0, 0.1) is 5.82 Å². The first-order valence-corrected chi connectivity index (χ1v) is 14.2. The highest BCUT2D eigenvalue weighted by atomic mass is 35.5. The number of amides is 2. The number of carbonyl (C=O) groups excluding carboxylic acids is 2. The molecule has 9 heteroatoms. The van der Waals surface area contributed by atoms with Gasteiger partial charge in [-0.15, -0.1) is 0 Å². The van der Waals surface area contributed by atoms with Gasteiger partial charge in [0.2, 0.25) is 5.91 Å². The summed E-state index contributed by atoms with van der Waals surface area (Å²) in [5.74, 6) is -0.581. The molecule has 3 atom stereocenters. The Hall–Kier alpha value is -2.68. The summed E-state index contributed by atoms with van der Waals surface area (Å²) < 4.78 is 14.6. The number of halogens is 2. The van der Waals surface area contributed by atoms with Gasteiger partial charge in [-0.05, 0) is 68.1 Å². The molecule has 2 saturated heterocycles. The number of piperazine rings is 1. The van der Waals surface area contributed by atoms with E-state index in [2.05, 4.69) is 10.2 Å². The predicted molar refractivity (Wildman–Crippen MR) is 144 cm³/mol. The third kappa shape index (κ3) is 4.67. The highest BCUT2D eigenvalue weighted by molar-refractivity contribution is 6.30. The lowest BCUT2D eigenvalue weighted by molar-refractivity contribution is -0.140. The maximum absolute atomic E-state index is 14.6. The maximum Gasteiger partial charge on any atom is 0.256 e. The van der Waals surface area contributed by atoms with Gasteiger partial charge in [-0.3, -0.25) is 14.5 Å². The minimum atomic E-state index is -1.04. The quantitative estimate of drug-likeness (QED) is 0.606. The molecule has 0 aromatic heterocycles. The summed E-state index contributed by atoms with van der Waals surface area (Å²) >= 11 is 5.91. The standard InChI is InChI=1S/C29H34ClFN4O3/c30-19-9-10-21(23(31)16-19)18-8-11-24-22(15-18)28(37)35-14-13-33(17-26(35)27(36)32-24)29(38)25-7-4-12-34(25)20-5-2-1-3-6-20/h8-11,15-16,20,25-27,32,36H,1-7,12-14,17H2/t25-,26+,27?/m0/s1. The van der Waals surface area contributed by atoms with Crippen LogP contribution in [0.4, 0.5) is 10.1 Å². The molecule has 2 amide bonds. The summed E-state index contributed by atoms with van der Waals surface area (Å²) in [4.78, 5) is 33.3. The van der Waals surface area contributed by atoms with Gasteiger partial charge >= 0.3 is 0 Å². The molecule has 3 fully saturated rings. The van der Waals surface area contributed by atoms with Gasteiger partial charge in [0, 0.05) is 41.9 Å². The number of hydrogen-bond acceptors (Lipinski definition) is 5. The molecule has 0 bridgehead atoms. The van der Waals surface area contributed by atoms with Gasteiger partial charge in [-0.25, -0.2) is 4.39 Å². The van der Waals surface area contributed by atoms with Crippen molar-refractivity contribution in [2.75, 3.05) is 31.5 Å². The fraction of sp³-hybridized carbons (Fsp3) is 0.517. The number of anilines is 1. The maximum atomic E-state index is 14.6. The van der Waals surface area contributed by atoms with Crippen molar-refractivity contribution < 1.29 is 19.1 Å². The zero-order chi connectivity index (χ0) is 26.4. The number of fused-ring (bicyclic) bond motifs is 2. The van der Waals surface area contributed by atoms with E-state index in [0.29, 0.717) is 46.5 Å². The van der Waals surface area contributed by atoms with Crippen molar-refractivity contribution in [2.24, 2.45) is 0 Å². The smallest absolute Gasteiger partial charge is 0.256 e. The Morgan fingerprint density at radius 2 is 1.79 bits per heavy atom. The van der Waals surface area contributed by atoms with E-state index in [0.717, 1.165) is 32.2 Å². The second-order valence-corrected chi connectivity index (χ2v) is 11.4. The summed E-state index contributed by atoms with van der Waals surface area (Å²) in [5, 5.41) is 14.5. The Bertz CT molecular complexity index is 1240. The molecule has 2 aromatic rings. The molecule has 1 unspecified atom stereocenters. The van der Waals surface area contributed by atoms with E-state index in [4.69, 9.17) is 11.6 Å². The monoisotopic (exact) mass is 540 g/mol. The van der Waals surface area contributed by atoms with E-state index in [9.17, 15) is 19.1 Å². The predicted octanol–water partition coefficient (Wildman–Crippen LogP) is 4.34. The number of nitrogens with zero attached hydrogens (tertiary/aromatic N) is 3. The van der Waals surface area contributed by atoms with Gasteiger partial charge in [-0.2, -0.15) is 0 Å². The van der Waals surface area contributed by atoms with Crippen LogP contribution in [-0.4, -0.2) is 82.2 Å². The number of aliphatic hydroxyl groups is 1. The van der Waals surface area contributed by atoms with E-state index < -0.39 is 18.1 Å². The molecule has 202 valence electrons. The number of likely N-dealkylation sites (tertiary alicyclic amines) is 1. The molecular formula is C29H34ClFN4O3. The molecule has 3 aliphatic heterocycles. The van der Waals surface area contributed by atoms with E-state index >= 15 is 0 Å². The first-order valence-electron chi connectivity index (χ1n) is 13.8. The third-order valence-electron chi connectivity index (χ3n) is 8.77. The van der Waals surface area contributed by atoms with E-state index in [-0.39, 0.29) is 24.4 Å². The zero-order valence-electron chi connectivity index (χ0n) is 21.4.